The van der Waals surface area contributed by atoms with Crippen LogP contribution in [0.1, 0.15) is 36.5 Å². The first-order valence-corrected chi connectivity index (χ1v) is 7.61. The van der Waals surface area contributed by atoms with Crippen LogP contribution in [0, 0.1) is 12.8 Å². The minimum Gasteiger partial charge on any atom is -0.381 e. The lowest BCUT2D eigenvalue weighted by molar-refractivity contribution is 0.185. The van der Waals surface area contributed by atoms with Gasteiger partial charge in [0.1, 0.15) is 5.01 Å². The van der Waals surface area contributed by atoms with Gasteiger partial charge in [-0.15, -0.1) is 11.3 Å². The molecule has 0 bridgehead atoms. The zero-order chi connectivity index (χ0) is 13.7. The molecule has 19 heavy (non-hydrogen) atoms. The molecule has 1 aromatic heterocycles. The van der Waals surface area contributed by atoms with Gasteiger partial charge in [-0.25, -0.2) is 9.78 Å². The summed E-state index contributed by atoms with van der Waals surface area (Å²) in [6.45, 7) is 6.26. The van der Waals surface area contributed by atoms with Crippen LogP contribution in [-0.4, -0.2) is 30.8 Å². The summed E-state index contributed by atoms with van der Waals surface area (Å²) in [5, 5.41) is 8.87. The van der Waals surface area contributed by atoms with Crippen LogP contribution < -0.4 is 10.6 Å². The lowest BCUT2D eigenvalue weighted by atomic mass is 10.1. The lowest BCUT2D eigenvalue weighted by Crippen LogP contribution is -2.40. The van der Waals surface area contributed by atoms with E-state index in [1.54, 1.807) is 11.3 Å². The average Bonchev–Trinajstić information content (AvgIpc) is 3.04. The molecular weight excluding hydrogens is 262 g/mol. The molecule has 2 N–H and O–H groups in total. The van der Waals surface area contributed by atoms with Crippen LogP contribution in [0.5, 0.6) is 0 Å². The molecule has 0 aliphatic carbocycles. The standard InChI is InChI=1S/C13H21N3O2S/c1-3-11(12-15-9(2)8-19-12)16-13(17)14-6-10-4-5-18-7-10/h8,10-11H,3-7H2,1-2H3,(H2,14,16,17)/t10-,11+/m1/s1. The summed E-state index contributed by atoms with van der Waals surface area (Å²) >= 11 is 1.59. The number of nitrogens with zero attached hydrogens (tertiary/aromatic N) is 1. The zero-order valence-corrected chi connectivity index (χ0v) is 12.3. The number of thiazole rings is 1. The largest absolute Gasteiger partial charge is 0.381 e. The summed E-state index contributed by atoms with van der Waals surface area (Å²) in [5.41, 5.74) is 1.00. The molecule has 0 spiro atoms. The molecule has 2 heterocycles. The molecule has 1 fully saturated rings. The first kappa shape index (κ1) is 14.3. The first-order valence-electron chi connectivity index (χ1n) is 6.73. The van der Waals surface area contributed by atoms with E-state index in [1.807, 2.05) is 19.2 Å². The molecule has 5 nitrogen and oxygen atoms in total. The number of rotatable bonds is 5. The van der Waals surface area contributed by atoms with E-state index in [9.17, 15) is 4.79 Å². The van der Waals surface area contributed by atoms with Gasteiger partial charge in [0, 0.05) is 30.1 Å². The molecule has 0 saturated carbocycles. The highest BCUT2D eigenvalue weighted by molar-refractivity contribution is 7.09. The smallest absolute Gasteiger partial charge is 0.315 e. The Bertz CT molecular complexity index is 416. The maximum Gasteiger partial charge on any atom is 0.315 e. The van der Waals surface area contributed by atoms with Crippen molar-refractivity contribution in [3.63, 3.8) is 0 Å². The number of hydrogen-bond donors (Lipinski definition) is 2. The van der Waals surface area contributed by atoms with Gasteiger partial charge in [-0.3, -0.25) is 0 Å². The van der Waals surface area contributed by atoms with Crippen molar-refractivity contribution in [2.75, 3.05) is 19.8 Å². The van der Waals surface area contributed by atoms with E-state index in [4.69, 9.17) is 4.74 Å². The molecule has 106 valence electrons. The summed E-state index contributed by atoms with van der Waals surface area (Å²) in [4.78, 5) is 16.3. The molecular formula is C13H21N3O2S. The monoisotopic (exact) mass is 283 g/mol. The Labute approximate surface area is 117 Å². The summed E-state index contributed by atoms with van der Waals surface area (Å²) in [6, 6.07) is -0.120. The average molecular weight is 283 g/mol. The normalized spacial score (nSPS) is 20.2. The number of nitrogens with one attached hydrogen (secondary N) is 2. The zero-order valence-electron chi connectivity index (χ0n) is 11.4. The maximum atomic E-state index is 11.9. The quantitative estimate of drug-likeness (QED) is 0.871. The van der Waals surface area contributed by atoms with Gasteiger partial charge in [-0.1, -0.05) is 6.92 Å². The van der Waals surface area contributed by atoms with Crippen molar-refractivity contribution >= 4 is 17.4 Å². The number of urea groups is 1. The van der Waals surface area contributed by atoms with E-state index in [-0.39, 0.29) is 12.1 Å². The number of ether oxygens (including phenoxy) is 1. The third-order valence-corrected chi connectivity index (χ3v) is 4.30. The molecule has 0 aromatic carbocycles. The van der Waals surface area contributed by atoms with Crippen molar-refractivity contribution in [2.24, 2.45) is 5.92 Å². The summed E-state index contributed by atoms with van der Waals surface area (Å²) in [7, 11) is 0. The lowest BCUT2D eigenvalue weighted by Gasteiger charge is -2.16. The van der Waals surface area contributed by atoms with Gasteiger partial charge >= 0.3 is 6.03 Å². The molecule has 1 saturated heterocycles. The first-order chi connectivity index (χ1) is 9.19. The van der Waals surface area contributed by atoms with Gasteiger partial charge in [0.25, 0.3) is 0 Å². The van der Waals surface area contributed by atoms with E-state index in [0.717, 1.165) is 36.8 Å². The fourth-order valence-electron chi connectivity index (χ4n) is 2.06. The van der Waals surface area contributed by atoms with Crippen molar-refractivity contribution in [3.8, 4) is 0 Å². The number of amides is 2. The van der Waals surface area contributed by atoms with Gasteiger partial charge in [0.2, 0.25) is 0 Å². The van der Waals surface area contributed by atoms with Crippen LogP contribution >= 0.6 is 11.3 Å². The predicted octanol–water partition coefficient (Wildman–Crippen LogP) is 2.24. The highest BCUT2D eigenvalue weighted by atomic mass is 32.1. The minimum absolute atomic E-state index is 0.00136. The highest BCUT2D eigenvalue weighted by Crippen LogP contribution is 2.20. The Morgan fingerprint density at radius 2 is 2.53 bits per heavy atom. The van der Waals surface area contributed by atoms with Crippen LogP contribution in [0.25, 0.3) is 0 Å². The minimum atomic E-state index is -0.119. The topological polar surface area (TPSA) is 63.2 Å². The van der Waals surface area contributed by atoms with Gasteiger partial charge in [-0.05, 0) is 19.8 Å². The Balaban J connectivity index is 1.79. The SMILES string of the molecule is CC[C@H](NC(=O)NC[C@H]1CCOC1)c1nc(C)cs1. The Hall–Kier alpha value is -1.14. The number of carbonyl (C=O) groups excluding carboxylic acids is 1. The van der Waals surface area contributed by atoms with Crippen LogP contribution in [0.2, 0.25) is 0 Å². The molecule has 1 aliphatic heterocycles. The van der Waals surface area contributed by atoms with Crippen LogP contribution in [0.3, 0.4) is 0 Å². The second-order valence-electron chi connectivity index (χ2n) is 4.87. The van der Waals surface area contributed by atoms with E-state index >= 15 is 0 Å². The van der Waals surface area contributed by atoms with Gasteiger partial charge in [0.15, 0.2) is 0 Å². The van der Waals surface area contributed by atoms with Crippen LogP contribution in [0.15, 0.2) is 5.38 Å². The molecule has 1 aromatic rings. The Morgan fingerprint density at radius 1 is 1.68 bits per heavy atom. The van der Waals surface area contributed by atoms with E-state index < -0.39 is 0 Å². The van der Waals surface area contributed by atoms with Crippen molar-refractivity contribution in [2.45, 2.75) is 32.7 Å². The molecule has 2 amide bonds. The number of hydrogen-bond acceptors (Lipinski definition) is 4. The Kier molecular flexibility index (Phi) is 5.15. The molecule has 2 atom stereocenters. The van der Waals surface area contributed by atoms with Crippen LogP contribution in [0.4, 0.5) is 4.79 Å². The third-order valence-electron chi connectivity index (χ3n) is 3.22. The Morgan fingerprint density at radius 3 is 3.11 bits per heavy atom. The molecule has 0 radical (unpaired) electrons. The maximum absolute atomic E-state index is 11.9. The number of aromatic nitrogens is 1. The van der Waals surface area contributed by atoms with Crippen LogP contribution in [-0.2, 0) is 4.74 Å². The molecule has 6 heteroatoms. The number of aryl methyl sites for hydroxylation is 1. The van der Waals surface area contributed by atoms with E-state index in [1.165, 1.54) is 0 Å². The van der Waals surface area contributed by atoms with Gasteiger partial charge < -0.3 is 15.4 Å². The predicted molar refractivity (Wildman–Crippen MR) is 75.3 cm³/mol. The molecule has 0 unspecified atom stereocenters. The van der Waals surface area contributed by atoms with Gasteiger partial charge in [0.05, 0.1) is 12.6 Å². The highest BCUT2D eigenvalue weighted by Gasteiger charge is 2.18. The van der Waals surface area contributed by atoms with Gasteiger partial charge in [-0.2, -0.15) is 0 Å². The van der Waals surface area contributed by atoms with E-state index in [2.05, 4.69) is 15.6 Å². The molecule has 2 rings (SSSR count). The summed E-state index contributed by atoms with van der Waals surface area (Å²) in [5.74, 6) is 0.452. The number of carbonyl (C=O) groups is 1. The fourth-order valence-corrected chi connectivity index (χ4v) is 2.99. The third kappa shape index (κ3) is 4.18. The van der Waals surface area contributed by atoms with Crippen molar-refractivity contribution in [3.05, 3.63) is 16.1 Å². The summed E-state index contributed by atoms with van der Waals surface area (Å²) in [6.07, 6.45) is 1.87. The molecule has 1 aliphatic rings. The second kappa shape index (κ2) is 6.86. The van der Waals surface area contributed by atoms with Crippen molar-refractivity contribution in [1.29, 1.82) is 0 Å². The fraction of sp³-hybridized carbons (Fsp3) is 0.692. The summed E-state index contributed by atoms with van der Waals surface area (Å²) < 4.78 is 5.28. The van der Waals surface area contributed by atoms with E-state index in [0.29, 0.717) is 12.5 Å². The second-order valence-corrected chi connectivity index (χ2v) is 5.76. The van der Waals surface area contributed by atoms with Crippen molar-refractivity contribution < 1.29 is 9.53 Å². The van der Waals surface area contributed by atoms with Crippen molar-refractivity contribution in [1.82, 2.24) is 15.6 Å².